The van der Waals surface area contributed by atoms with E-state index < -0.39 is 0 Å². The molecule has 3 rings (SSSR count). The minimum absolute atomic E-state index is 0.0461. The third kappa shape index (κ3) is 2.67. The molecule has 116 valence electrons. The van der Waals surface area contributed by atoms with E-state index in [9.17, 15) is 4.79 Å². The molecule has 3 heterocycles. The fourth-order valence-electron chi connectivity index (χ4n) is 3.61. The number of aliphatic hydroxyl groups is 1. The maximum absolute atomic E-state index is 12.7. The average Bonchev–Trinajstić information content (AvgIpc) is 3.05. The highest BCUT2D eigenvalue weighted by atomic mass is 16.3. The van der Waals surface area contributed by atoms with Gasteiger partial charge >= 0.3 is 0 Å². The molecule has 0 unspecified atom stereocenters. The Bertz CT molecular complexity index is 515. The molecule has 2 aliphatic heterocycles. The largest absolute Gasteiger partial charge is 0.395 e. The first kappa shape index (κ1) is 14.5. The molecule has 1 atom stereocenters. The van der Waals surface area contributed by atoms with Gasteiger partial charge in [0.1, 0.15) is 12.2 Å². The zero-order valence-electron chi connectivity index (χ0n) is 12.5. The maximum Gasteiger partial charge on any atom is 0.230 e. The van der Waals surface area contributed by atoms with Crippen molar-refractivity contribution in [1.29, 1.82) is 0 Å². The Labute approximate surface area is 124 Å². The van der Waals surface area contributed by atoms with Crippen molar-refractivity contribution in [3.8, 4) is 0 Å². The van der Waals surface area contributed by atoms with Crippen molar-refractivity contribution in [2.45, 2.75) is 25.8 Å². The van der Waals surface area contributed by atoms with Gasteiger partial charge in [-0.1, -0.05) is 0 Å². The monoisotopic (exact) mass is 293 g/mol. The van der Waals surface area contributed by atoms with E-state index in [0.29, 0.717) is 6.54 Å². The molecule has 1 N–H and O–H groups in total. The van der Waals surface area contributed by atoms with Crippen LogP contribution in [0.1, 0.15) is 25.1 Å². The van der Waals surface area contributed by atoms with Crippen LogP contribution in [-0.2, 0) is 18.4 Å². The molecule has 21 heavy (non-hydrogen) atoms. The number of aryl methyl sites for hydroxylation is 1. The fourth-order valence-corrected chi connectivity index (χ4v) is 3.61. The lowest BCUT2D eigenvalue weighted by Crippen LogP contribution is -2.50. The Morgan fingerprint density at radius 3 is 2.95 bits per heavy atom. The highest BCUT2D eigenvalue weighted by molar-refractivity contribution is 5.84. The van der Waals surface area contributed by atoms with Gasteiger partial charge in [0.25, 0.3) is 0 Å². The third-order valence-corrected chi connectivity index (χ3v) is 4.80. The van der Waals surface area contributed by atoms with Crippen LogP contribution in [-0.4, -0.2) is 68.4 Å². The van der Waals surface area contributed by atoms with E-state index in [4.69, 9.17) is 5.11 Å². The van der Waals surface area contributed by atoms with Crippen LogP contribution in [0.15, 0.2) is 6.33 Å². The van der Waals surface area contributed by atoms with Crippen LogP contribution in [0.2, 0.25) is 0 Å². The number of carbonyl (C=O) groups is 1. The Morgan fingerprint density at radius 2 is 2.24 bits per heavy atom. The van der Waals surface area contributed by atoms with E-state index in [1.807, 2.05) is 16.5 Å². The summed E-state index contributed by atoms with van der Waals surface area (Å²) in [5, 5.41) is 17.1. The van der Waals surface area contributed by atoms with E-state index in [-0.39, 0.29) is 17.9 Å². The molecule has 1 amide bonds. The van der Waals surface area contributed by atoms with Gasteiger partial charge in [0.05, 0.1) is 18.6 Å². The highest BCUT2D eigenvalue weighted by Gasteiger charge is 2.48. The molecule has 2 aliphatic rings. The Hall–Kier alpha value is -1.47. The Balaban J connectivity index is 1.67. The van der Waals surface area contributed by atoms with Gasteiger partial charge in [-0.2, -0.15) is 0 Å². The van der Waals surface area contributed by atoms with E-state index in [1.54, 1.807) is 6.33 Å². The maximum atomic E-state index is 12.7. The number of hydrogen-bond donors (Lipinski definition) is 1. The van der Waals surface area contributed by atoms with Crippen molar-refractivity contribution < 1.29 is 9.90 Å². The summed E-state index contributed by atoms with van der Waals surface area (Å²) in [5.74, 6) is 1.16. The molecule has 1 aromatic rings. The lowest BCUT2D eigenvalue weighted by molar-refractivity contribution is -0.146. The standard InChI is InChI=1S/C14H23N5O2/c1-17-11-15-16-12(17)9-18-6-4-14(10-18)3-2-5-19(7-8-20)13(14)21/h11,20H,2-10H2,1H3/t14-/m0/s1. The lowest BCUT2D eigenvalue weighted by Gasteiger charge is -2.39. The summed E-state index contributed by atoms with van der Waals surface area (Å²) < 4.78 is 1.92. The van der Waals surface area contributed by atoms with E-state index >= 15 is 0 Å². The molecular formula is C14H23N5O2. The first-order valence-corrected chi connectivity index (χ1v) is 7.60. The van der Waals surface area contributed by atoms with Gasteiger partial charge in [0.15, 0.2) is 0 Å². The van der Waals surface area contributed by atoms with Gasteiger partial charge in [-0.3, -0.25) is 9.69 Å². The number of β-amino-alcohol motifs (C(OH)–C–C–N with tert-alkyl or cyclic N) is 1. The number of aliphatic hydroxyl groups excluding tert-OH is 1. The lowest BCUT2D eigenvalue weighted by atomic mass is 9.78. The number of rotatable bonds is 4. The predicted octanol–water partition coefficient (Wildman–Crippen LogP) is -0.378. The number of nitrogens with zero attached hydrogens (tertiary/aromatic N) is 5. The van der Waals surface area contributed by atoms with Crippen molar-refractivity contribution in [2.75, 3.05) is 32.8 Å². The first-order valence-electron chi connectivity index (χ1n) is 7.60. The summed E-state index contributed by atoms with van der Waals surface area (Å²) in [4.78, 5) is 16.8. The second-order valence-corrected chi connectivity index (χ2v) is 6.22. The number of aromatic nitrogens is 3. The van der Waals surface area contributed by atoms with Crippen LogP contribution < -0.4 is 0 Å². The van der Waals surface area contributed by atoms with Crippen LogP contribution in [0.3, 0.4) is 0 Å². The van der Waals surface area contributed by atoms with Crippen LogP contribution in [0.4, 0.5) is 0 Å². The zero-order valence-corrected chi connectivity index (χ0v) is 12.5. The molecule has 7 heteroatoms. The van der Waals surface area contributed by atoms with Crippen molar-refractivity contribution >= 4 is 5.91 Å². The van der Waals surface area contributed by atoms with E-state index in [0.717, 1.165) is 51.3 Å². The van der Waals surface area contributed by atoms with Crippen molar-refractivity contribution in [3.63, 3.8) is 0 Å². The molecule has 1 aromatic heterocycles. The number of hydrogen-bond acceptors (Lipinski definition) is 5. The molecule has 2 saturated heterocycles. The Morgan fingerprint density at radius 1 is 1.38 bits per heavy atom. The van der Waals surface area contributed by atoms with Crippen LogP contribution >= 0.6 is 0 Å². The fraction of sp³-hybridized carbons (Fsp3) is 0.786. The van der Waals surface area contributed by atoms with E-state index in [1.165, 1.54) is 0 Å². The topological polar surface area (TPSA) is 74.5 Å². The molecule has 0 aliphatic carbocycles. The molecule has 7 nitrogen and oxygen atoms in total. The molecule has 0 saturated carbocycles. The van der Waals surface area contributed by atoms with Crippen molar-refractivity contribution in [3.05, 3.63) is 12.2 Å². The third-order valence-electron chi connectivity index (χ3n) is 4.80. The Kier molecular flexibility index (Phi) is 3.95. The molecular weight excluding hydrogens is 270 g/mol. The SMILES string of the molecule is Cn1cnnc1CN1CC[C@@]2(CCCN(CCO)C2=O)C1. The van der Waals surface area contributed by atoms with Crippen LogP contribution in [0.5, 0.6) is 0 Å². The van der Waals surface area contributed by atoms with E-state index in [2.05, 4.69) is 15.1 Å². The van der Waals surface area contributed by atoms with Gasteiger partial charge in [-0.15, -0.1) is 10.2 Å². The summed E-state index contributed by atoms with van der Waals surface area (Å²) >= 11 is 0. The highest BCUT2D eigenvalue weighted by Crippen LogP contribution is 2.40. The summed E-state index contributed by atoms with van der Waals surface area (Å²) in [7, 11) is 1.94. The molecule has 0 aromatic carbocycles. The number of carbonyl (C=O) groups excluding carboxylic acids is 1. The quantitative estimate of drug-likeness (QED) is 0.819. The van der Waals surface area contributed by atoms with Crippen LogP contribution in [0, 0.1) is 5.41 Å². The van der Waals surface area contributed by atoms with Gasteiger partial charge in [0, 0.05) is 26.7 Å². The first-order chi connectivity index (χ1) is 10.1. The molecule has 0 radical (unpaired) electrons. The zero-order chi connectivity index (χ0) is 14.9. The van der Waals surface area contributed by atoms with Gasteiger partial charge in [-0.05, 0) is 25.8 Å². The normalized spacial score (nSPS) is 27.0. The number of likely N-dealkylation sites (tertiary alicyclic amines) is 2. The van der Waals surface area contributed by atoms with Crippen molar-refractivity contribution in [1.82, 2.24) is 24.6 Å². The van der Waals surface area contributed by atoms with Gasteiger partial charge < -0.3 is 14.6 Å². The van der Waals surface area contributed by atoms with Crippen molar-refractivity contribution in [2.24, 2.45) is 12.5 Å². The molecule has 0 bridgehead atoms. The minimum Gasteiger partial charge on any atom is -0.395 e. The van der Waals surface area contributed by atoms with Gasteiger partial charge in [0.2, 0.25) is 5.91 Å². The van der Waals surface area contributed by atoms with Crippen LogP contribution in [0.25, 0.3) is 0 Å². The summed E-state index contributed by atoms with van der Waals surface area (Å²) in [5.41, 5.74) is -0.244. The summed E-state index contributed by atoms with van der Waals surface area (Å²) in [6.45, 7) is 3.75. The minimum atomic E-state index is -0.244. The summed E-state index contributed by atoms with van der Waals surface area (Å²) in [6.07, 6.45) is 4.61. The predicted molar refractivity (Wildman–Crippen MR) is 76.2 cm³/mol. The molecule has 2 fully saturated rings. The van der Waals surface area contributed by atoms with Gasteiger partial charge in [-0.25, -0.2) is 0 Å². The number of piperidine rings is 1. The smallest absolute Gasteiger partial charge is 0.230 e. The summed E-state index contributed by atoms with van der Waals surface area (Å²) in [6, 6.07) is 0. The average molecular weight is 293 g/mol. The number of amides is 1. The molecule has 1 spiro atoms. The second-order valence-electron chi connectivity index (χ2n) is 6.22. The second kappa shape index (κ2) is 5.73.